The van der Waals surface area contributed by atoms with E-state index in [4.69, 9.17) is 14.2 Å². The lowest BCUT2D eigenvalue weighted by molar-refractivity contribution is 0.0964. The van der Waals surface area contributed by atoms with E-state index in [2.05, 4.69) is 0 Å². The Morgan fingerprint density at radius 1 is 1.07 bits per heavy atom. The van der Waals surface area contributed by atoms with Gasteiger partial charge in [-0.1, -0.05) is 24.3 Å². The number of fused-ring (bicyclic) bond motifs is 5. The minimum absolute atomic E-state index is 0.0475. The molecule has 1 aromatic heterocycles. The third kappa shape index (κ3) is 2.52. The van der Waals surface area contributed by atoms with E-state index in [1.165, 1.54) is 14.2 Å². The van der Waals surface area contributed by atoms with Gasteiger partial charge in [0.25, 0.3) is 5.56 Å². The molecule has 2 heterocycles. The standard InChI is InChI=1S/C23H21NO5/c1-27-17-10-9-16-18-20(14-7-3-4-8-15(14)21(18)25)24(12-13-6-5-11-29-13)23(26)19(16)22(17)28-2/h3-4,7-10,13H,5-6,11-12H2,1-2H3. The SMILES string of the molecule is COc1ccc2c3c(n(CC4CCCO4)c(=O)c2c1OC)-c1ccccc1C3=O. The fraction of sp³-hybridized carbons (Fsp3) is 0.304. The summed E-state index contributed by atoms with van der Waals surface area (Å²) in [6.07, 6.45) is 1.82. The molecule has 1 atom stereocenters. The Labute approximate surface area is 167 Å². The first-order valence-corrected chi connectivity index (χ1v) is 9.73. The van der Waals surface area contributed by atoms with E-state index in [-0.39, 0.29) is 17.4 Å². The molecule has 1 aliphatic carbocycles. The van der Waals surface area contributed by atoms with Gasteiger partial charge < -0.3 is 18.8 Å². The van der Waals surface area contributed by atoms with E-state index in [1.54, 1.807) is 16.7 Å². The van der Waals surface area contributed by atoms with E-state index < -0.39 is 0 Å². The first-order chi connectivity index (χ1) is 14.2. The highest BCUT2D eigenvalue weighted by Gasteiger charge is 2.34. The van der Waals surface area contributed by atoms with Gasteiger partial charge in [-0.05, 0) is 25.0 Å². The molecule has 6 heteroatoms. The molecule has 1 fully saturated rings. The van der Waals surface area contributed by atoms with Gasteiger partial charge >= 0.3 is 0 Å². The number of pyridine rings is 1. The van der Waals surface area contributed by atoms with Crippen LogP contribution in [0.1, 0.15) is 28.8 Å². The summed E-state index contributed by atoms with van der Waals surface area (Å²) in [5.74, 6) is 0.736. The van der Waals surface area contributed by atoms with Gasteiger partial charge in [0, 0.05) is 23.1 Å². The molecule has 148 valence electrons. The topological polar surface area (TPSA) is 66.8 Å². The Bertz CT molecular complexity index is 1200. The quantitative estimate of drug-likeness (QED) is 0.533. The summed E-state index contributed by atoms with van der Waals surface area (Å²) in [6, 6.07) is 11.0. The molecule has 0 bridgehead atoms. The van der Waals surface area contributed by atoms with Gasteiger partial charge in [0.1, 0.15) is 0 Å². The minimum Gasteiger partial charge on any atom is -0.493 e. The number of hydrogen-bond acceptors (Lipinski definition) is 5. The Morgan fingerprint density at radius 3 is 2.55 bits per heavy atom. The average Bonchev–Trinajstić information content (AvgIpc) is 3.36. The third-order valence-corrected chi connectivity index (χ3v) is 5.84. The first kappa shape index (κ1) is 17.9. The second-order valence-corrected chi connectivity index (χ2v) is 7.37. The van der Waals surface area contributed by atoms with Crippen molar-refractivity contribution in [1.82, 2.24) is 4.57 Å². The van der Waals surface area contributed by atoms with E-state index in [0.717, 1.165) is 18.4 Å². The normalized spacial score (nSPS) is 17.4. The summed E-state index contributed by atoms with van der Waals surface area (Å²) in [4.78, 5) is 27.0. The molecule has 1 unspecified atom stereocenters. The lowest BCUT2D eigenvalue weighted by atomic mass is 10.0. The number of benzene rings is 2. The fourth-order valence-corrected chi connectivity index (χ4v) is 4.54. The summed E-state index contributed by atoms with van der Waals surface area (Å²) < 4.78 is 18.4. The second-order valence-electron chi connectivity index (χ2n) is 7.37. The predicted octanol–water partition coefficient (Wildman–Crippen LogP) is 3.41. The zero-order valence-corrected chi connectivity index (χ0v) is 16.4. The van der Waals surface area contributed by atoms with Crippen molar-refractivity contribution >= 4 is 16.6 Å². The molecule has 2 aromatic carbocycles. The molecule has 0 amide bonds. The Kier molecular flexibility index (Phi) is 4.17. The van der Waals surface area contributed by atoms with Crippen molar-refractivity contribution in [3.05, 3.63) is 57.9 Å². The molecular formula is C23H21NO5. The molecule has 0 saturated carbocycles. The number of carbonyl (C=O) groups excluding carboxylic acids is 1. The van der Waals surface area contributed by atoms with Crippen LogP contribution in [0.15, 0.2) is 41.2 Å². The van der Waals surface area contributed by atoms with Crippen LogP contribution in [0.3, 0.4) is 0 Å². The van der Waals surface area contributed by atoms with Crippen LogP contribution in [0.25, 0.3) is 22.0 Å². The summed E-state index contributed by atoms with van der Waals surface area (Å²) >= 11 is 0. The first-order valence-electron chi connectivity index (χ1n) is 9.73. The molecule has 29 heavy (non-hydrogen) atoms. The monoisotopic (exact) mass is 391 g/mol. The maximum absolute atomic E-state index is 13.7. The average molecular weight is 391 g/mol. The number of carbonyl (C=O) groups is 1. The fourth-order valence-electron chi connectivity index (χ4n) is 4.54. The molecule has 2 aliphatic rings. The van der Waals surface area contributed by atoms with E-state index in [9.17, 15) is 9.59 Å². The zero-order chi connectivity index (χ0) is 20.1. The maximum atomic E-state index is 13.7. The number of methoxy groups -OCH3 is 2. The van der Waals surface area contributed by atoms with Gasteiger partial charge in [-0.25, -0.2) is 0 Å². The Balaban J connectivity index is 1.90. The van der Waals surface area contributed by atoms with Crippen molar-refractivity contribution < 1.29 is 19.0 Å². The van der Waals surface area contributed by atoms with Crippen molar-refractivity contribution in [1.29, 1.82) is 0 Å². The molecular weight excluding hydrogens is 370 g/mol. The summed E-state index contributed by atoms with van der Waals surface area (Å²) in [5, 5.41) is 0.956. The van der Waals surface area contributed by atoms with Gasteiger partial charge in [-0.2, -0.15) is 0 Å². The number of aromatic nitrogens is 1. The van der Waals surface area contributed by atoms with Crippen LogP contribution in [0, 0.1) is 0 Å². The largest absolute Gasteiger partial charge is 0.493 e. The van der Waals surface area contributed by atoms with Crippen LogP contribution in [-0.4, -0.2) is 37.3 Å². The predicted molar refractivity (Wildman–Crippen MR) is 109 cm³/mol. The molecule has 0 N–H and O–H groups in total. The van der Waals surface area contributed by atoms with Gasteiger partial charge in [0.15, 0.2) is 17.3 Å². The number of rotatable bonds is 4. The molecule has 5 rings (SSSR count). The summed E-state index contributed by atoms with van der Waals surface area (Å²) in [7, 11) is 3.04. The van der Waals surface area contributed by atoms with Crippen LogP contribution in [0.2, 0.25) is 0 Å². The lowest BCUT2D eigenvalue weighted by Gasteiger charge is -2.19. The molecule has 0 radical (unpaired) electrons. The molecule has 1 saturated heterocycles. The number of ketones is 1. The van der Waals surface area contributed by atoms with Crippen LogP contribution in [0.4, 0.5) is 0 Å². The molecule has 3 aromatic rings. The highest BCUT2D eigenvalue weighted by atomic mass is 16.5. The number of hydrogen-bond donors (Lipinski definition) is 0. The van der Waals surface area contributed by atoms with Gasteiger partial charge in [0.2, 0.25) is 0 Å². The van der Waals surface area contributed by atoms with Crippen molar-refractivity contribution in [3.8, 4) is 22.8 Å². The van der Waals surface area contributed by atoms with Gasteiger partial charge in [-0.15, -0.1) is 0 Å². The van der Waals surface area contributed by atoms with Crippen LogP contribution >= 0.6 is 0 Å². The van der Waals surface area contributed by atoms with Crippen molar-refractivity contribution in [2.75, 3.05) is 20.8 Å². The lowest BCUT2D eigenvalue weighted by Crippen LogP contribution is -2.29. The Morgan fingerprint density at radius 2 is 1.86 bits per heavy atom. The van der Waals surface area contributed by atoms with Crippen LogP contribution < -0.4 is 15.0 Å². The number of ether oxygens (including phenoxy) is 3. The smallest absolute Gasteiger partial charge is 0.262 e. The zero-order valence-electron chi connectivity index (χ0n) is 16.4. The molecule has 6 nitrogen and oxygen atoms in total. The molecule has 0 spiro atoms. The molecule has 1 aliphatic heterocycles. The Hall–Kier alpha value is -3.12. The highest BCUT2D eigenvalue weighted by Crippen LogP contribution is 2.43. The van der Waals surface area contributed by atoms with Gasteiger partial charge in [-0.3, -0.25) is 9.59 Å². The maximum Gasteiger partial charge on any atom is 0.262 e. The van der Waals surface area contributed by atoms with Crippen LogP contribution in [-0.2, 0) is 11.3 Å². The van der Waals surface area contributed by atoms with Crippen LogP contribution in [0.5, 0.6) is 11.5 Å². The summed E-state index contributed by atoms with van der Waals surface area (Å²) in [6.45, 7) is 1.10. The third-order valence-electron chi connectivity index (χ3n) is 5.84. The van der Waals surface area contributed by atoms with Crippen molar-refractivity contribution in [3.63, 3.8) is 0 Å². The highest BCUT2D eigenvalue weighted by molar-refractivity contribution is 6.27. The van der Waals surface area contributed by atoms with E-state index >= 15 is 0 Å². The summed E-state index contributed by atoms with van der Waals surface area (Å²) in [5.41, 5.74) is 2.42. The second kappa shape index (κ2) is 6.74. The number of nitrogens with zero attached hydrogens (tertiary/aromatic N) is 1. The van der Waals surface area contributed by atoms with Crippen molar-refractivity contribution in [2.45, 2.75) is 25.5 Å². The van der Waals surface area contributed by atoms with Gasteiger partial charge in [0.05, 0.1) is 43.5 Å². The minimum atomic E-state index is -0.200. The van der Waals surface area contributed by atoms with E-state index in [1.807, 2.05) is 24.3 Å². The van der Waals surface area contributed by atoms with E-state index in [0.29, 0.717) is 52.2 Å². The van der Waals surface area contributed by atoms with Crippen molar-refractivity contribution in [2.24, 2.45) is 0 Å².